The Kier molecular flexibility index (Phi) is 4.58. The first kappa shape index (κ1) is 12.8. The lowest BCUT2D eigenvalue weighted by molar-refractivity contribution is -0.132. The topological polar surface area (TPSA) is 66.6 Å². The molecule has 1 aliphatic rings. The van der Waals surface area contributed by atoms with Crippen LogP contribution in [0.25, 0.3) is 0 Å². The Morgan fingerprint density at radius 3 is 2.38 bits per heavy atom. The number of nitrogens with two attached hydrogens (primary N) is 1. The lowest BCUT2D eigenvalue weighted by atomic mass is 10.0. The summed E-state index contributed by atoms with van der Waals surface area (Å²) in [5, 5.41) is 0. The van der Waals surface area contributed by atoms with Gasteiger partial charge in [-0.3, -0.25) is 4.79 Å². The van der Waals surface area contributed by atoms with Crippen molar-refractivity contribution in [1.82, 2.24) is 9.80 Å². The summed E-state index contributed by atoms with van der Waals surface area (Å²) < 4.78 is 0. The van der Waals surface area contributed by atoms with E-state index < -0.39 is 6.03 Å². The number of nitrogens with zero attached hydrogens (tertiary/aromatic N) is 2. The van der Waals surface area contributed by atoms with Gasteiger partial charge in [-0.05, 0) is 19.3 Å². The Balaban J connectivity index is 2.39. The second-order valence-corrected chi connectivity index (χ2v) is 4.31. The molecule has 1 fully saturated rings. The van der Waals surface area contributed by atoms with E-state index in [1.807, 2.05) is 11.8 Å². The van der Waals surface area contributed by atoms with E-state index in [1.165, 1.54) is 0 Å². The predicted molar refractivity (Wildman–Crippen MR) is 61.9 cm³/mol. The Hall–Kier alpha value is -1.26. The van der Waals surface area contributed by atoms with Crippen molar-refractivity contribution >= 4 is 11.9 Å². The first-order chi connectivity index (χ1) is 7.56. The van der Waals surface area contributed by atoms with Crippen LogP contribution < -0.4 is 5.73 Å². The van der Waals surface area contributed by atoms with Crippen molar-refractivity contribution in [2.45, 2.75) is 38.6 Å². The Labute approximate surface area is 96.6 Å². The van der Waals surface area contributed by atoms with Gasteiger partial charge in [-0.1, -0.05) is 6.92 Å². The van der Waals surface area contributed by atoms with Crippen molar-refractivity contribution in [3.8, 4) is 0 Å². The summed E-state index contributed by atoms with van der Waals surface area (Å²) in [6, 6.07) is -0.207. The fourth-order valence-corrected chi connectivity index (χ4v) is 2.05. The number of rotatable bonds is 3. The number of hydrogen-bond acceptors (Lipinski definition) is 2. The first-order valence-electron chi connectivity index (χ1n) is 5.86. The Morgan fingerprint density at radius 2 is 1.94 bits per heavy atom. The van der Waals surface area contributed by atoms with E-state index in [-0.39, 0.29) is 11.9 Å². The van der Waals surface area contributed by atoms with Crippen molar-refractivity contribution < 1.29 is 9.59 Å². The van der Waals surface area contributed by atoms with Gasteiger partial charge in [0.25, 0.3) is 0 Å². The molecule has 1 rings (SSSR count). The maximum atomic E-state index is 11.6. The molecule has 1 heterocycles. The average Bonchev–Trinajstić information content (AvgIpc) is 2.28. The number of amides is 3. The summed E-state index contributed by atoms with van der Waals surface area (Å²) in [4.78, 5) is 26.1. The molecule has 0 radical (unpaired) electrons. The molecule has 3 amide bonds. The maximum Gasteiger partial charge on any atom is 0.314 e. The predicted octanol–water partition coefficient (Wildman–Crippen LogP) is 0.788. The van der Waals surface area contributed by atoms with E-state index in [0.717, 1.165) is 32.4 Å². The van der Waals surface area contributed by atoms with E-state index in [4.69, 9.17) is 5.73 Å². The van der Waals surface area contributed by atoms with Gasteiger partial charge in [0.15, 0.2) is 0 Å². The third-order valence-corrected chi connectivity index (χ3v) is 3.18. The minimum atomic E-state index is -0.390. The van der Waals surface area contributed by atoms with Crippen LogP contribution in [0.3, 0.4) is 0 Å². The fourth-order valence-electron chi connectivity index (χ4n) is 2.05. The van der Waals surface area contributed by atoms with E-state index in [0.29, 0.717) is 6.42 Å². The summed E-state index contributed by atoms with van der Waals surface area (Å²) in [5.74, 6) is 0.225. The minimum Gasteiger partial charge on any atom is -0.351 e. The highest BCUT2D eigenvalue weighted by Gasteiger charge is 2.25. The van der Waals surface area contributed by atoms with Crippen LogP contribution >= 0.6 is 0 Å². The van der Waals surface area contributed by atoms with Crippen LogP contribution in [-0.2, 0) is 4.79 Å². The molecule has 92 valence electrons. The van der Waals surface area contributed by atoms with Gasteiger partial charge in [0.1, 0.15) is 0 Å². The van der Waals surface area contributed by atoms with E-state index in [1.54, 1.807) is 11.9 Å². The third-order valence-electron chi connectivity index (χ3n) is 3.18. The average molecular weight is 227 g/mol. The summed E-state index contributed by atoms with van der Waals surface area (Å²) in [6.45, 7) is 3.48. The molecular weight excluding hydrogens is 206 g/mol. The molecule has 5 heteroatoms. The fraction of sp³-hybridized carbons (Fsp3) is 0.818. The van der Waals surface area contributed by atoms with E-state index in [2.05, 4.69) is 0 Å². The summed E-state index contributed by atoms with van der Waals surface area (Å²) in [5.41, 5.74) is 5.22. The molecule has 0 aromatic carbocycles. The second kappa shape index (κ2) is 5.72. The van der Waals surface area contributed by atoms with E-state index in [9.17, 15) is 9.59 Å². The molecule has 1 saturated heterocycles. The zero-order valence-corrected chi connectivity index (χ0v) is 10.1. The number of carbonyl (C=O) groups excluding carboxylic acids is 2. The number of likely N-dealkylation sites (tertiary alicyclic amines) is 1. The van der Waals surface area contributed by atoms with Gasteiger partial charge in [0.05, 0.1) is 0 Å². The van der Waals surface area contributed by atoms with Crippen molar-refractivity contribution in [2.75, 3.05) is 20.1 Å². The highest BCUT2D eigenvalue weighted by molar-refractivity contribution is 5.76. The maximum absolute atomic E-state index is 11.6. The van der Waals surface area contributed by atoms with Gasteiger partial charge in [0, 0.05) is 32.6 Å². The van der Waals surface area contributed by atoms with Crippen LogP contribution in [0.5, 0.6) is 0 Å². The second-order valence-electron chi connectivity index (χ2n) is 4.31. The van der Waals surface area contributed by atoms with Crippen LogP contribution in [0.15, 0.2) is 0 Å². The molecule has 2 N–H and O–H groups in total. The first-order valence-corrected chi connectivity index (χ1v) is 5.86. The number of carbonyl (C=O) groups is 2. The van der Waals surface area contributed by atoms with Crippen LogP contribution in [0.4, 0.5) is 4.79 Å². The van der Waals surface area contributed by atoms with Crippen LogP contribution in [0, 0.1) is 0 Å². The molecule has 0 saturated carbocycles. The molecule has 16 heavy (non-hydrogen) atoms. The molecule has 0 spiro atoms. The van der Waals surface area contributed by atoms with Crippen molar-refractivity contribution in [1.29, 1.82) is 0 Å². The normalized spacial score (nSPS) is 17.2. The van der Waals surface area contributed by atoms with Crippen LogP contribution in [-0.4, -0.2) is 47.9 Å². The molecule has 5 nitrogen and oxygen atoms in total. The van der Waals surface area contributed by atoms with Crippen molar-refractivity contribution in [3.63, 3.8) is 0 Å². The number of primary amides is 1. The molecule has 0 aromatic heterocycles. The molecule has 0 unspecified atom stereocenters. The Morgan fingerprint density at radius 1 is 1.38 bits per heavy atom. The summed E-state index contributed by atoms with van der Waals surface area (Å²) in [6.07, 6.45) is 3.17. The zero-order valence-electron chi connectivity index (χ0n) is 10.1. The Bertz CT molecular complexity index is 260. The highest BCUT2D eigenvalue weighted by Crippen LogP contribution is 2.16. The molecular formula is C11H21N3O2. The molecule has 0 bridgehead atoms. The largest absolute Gasteiger partial charge is 0.351 e. The van der Waals surface area contributed by atoms with Gasteiger partial charge in [-0.2, -0.15) is 0 Å². The SMILES string of the molecule is CCCC(=O)N1CCC(N(C)C(N)=O)CC1. The smallest absolute Gasteiger partial charge is 0.314 e. The van der Waals surface area contributed by atoms with Gasteiger partial charge in [-0.15, -0.1) is 0 Å². The lowest BCUT2D eigenvalue weighted by Gasteiger charge is -2.36. The molecule has 1 aliphatic heterocycles. The third kappa shape index (κ3) is 3.12. The van der Waals surface area contributed by atoms with Gasteiger partial charge in [-0.25, -0.2) is 4.79 Å². The van der Waals surface area contributed by atoms with Crippen molar-refractivity contribution in [2.24, 2.45) is 5.73 Å². The summed E-state index contributed by atoms with van der Waals surface area (Å²) in [7, 11) is 1.72. The molecule has 0 aromatic rings. The zero-order chi connectivity index (χ0) is 12.1. The number of urea groups is 1. The number of piperidine rings is 1. The van der Waals surface area contributed by atoms with Crippen LogP contribution in [0.2, 0.25) is 0 Å². The van der Waals surface area contributed by atoms with Gasteiger partial charge >= 0.3 is 6.03 Å². The lowest BCUT2D eigenvalue weighted by Crippen LogP contribution is -2.48. The quantitative estimate of drug-likeness (QED) is 0.774. The van der Waals surface area contributed by atoms with Gasteiger partial charge in [0.2, 0.25) is 5.91 Å². The minimum absolute atomic E-state index is 0.183. The van der Waals surface area contributed by atoms with Gasteiger partial charge < -0.3 is 15.5 Å². The molecule has 0 atom stereocenters. The molecule has 0 aliphatic carbocycles. The number of hydrogen-bond donors (Lipinski definition) is 1. The van der Waals surface area contributed by atoms with E-state index >= 15 is 0 Å². The summed E-state index contributed by atoms with van der Waals surface area (Å²) >= 11 is 0. The monoisotopic (exact) mass is 227 g/mol. The van der Waals surface area contributed by atoms with Crippen molar-refractivity contribution in [3.05, 3.63) is 0 Å². The highest BCUT2D eigenvalue weighted by atomic mass is 16.2. The van der Waals surface area contributed by atoms with Crippen LogP contribution in [0.1, 0.15) is 32.6 Å². The standard InChI is InChI=1S/C11H21N3O2/c1-3-4-10(15)14-7-5-9(6-8-14)13(2)11(12)16/h9H,3-8H2,1-2H3,(H2,12,16).